The topological polar surface area (TPSA) is 115 Å². The zero-order chi connectivity index (χ0) is 30.5. The van der Waals surface area contributed by atoms with E-state index in [-0.39, 0.29) is 35.9 Å². The van der Waals surface area contributed by atoms with Gasteiger partial charge < -0.3 is 14.5 Å². The van der Waals surface area contributed by atoms with Crippen molar-refractivity contribution in [1.29, 1.82) is 0 Å². The number of hydrogen-bond acceptors (Lipinski definition) is 8. The molecular formula is C32H27BrN6O4S. The molecule has 6 rings (SSSR count). The highest BCUT2D eigenvalue weighted by Crippen LogP contribution is 2.35. The van der Waals surface area contributed by atoms with Gasteiger partial charge in [0.05, 0.1) is 37.4 Å². The molecule has 10 nitrogen and oxygen atoms in total. The third-order valence-corrected chi connectivity index (χ3v) is 8.48. The fraction of sp³-hybridized carbons (Fsp3) is 0.156. The molecule has 0 spiro atoms. The highest BCUT2D eigenvalue weighted by molar-refractivity contribution is 9.10. The summed E-state index contributed by atoms with van der Waals surface area (Å²) in [6.07, 6.45) is 2.02. The summed E-state index contributed by atoms with van der Waals surface area (Å²) in [5, 5.41) is 18.4. The number of amides is 2. The third kappa shape index (κ3) is 6.46. The van der Waals surface area contributed by atoms with Crippen molar-refractivity contribution in [1.82, 2.24) is 25.1 Å². The maximum absolute atomic E-state index is 13.8. The predicted octanol–water partition coefficient (Wildman–Crippen LogP) is 6.03. The van der Waals surface area contributed by atoms with Crippen LogP contribution in [0.1, 0.15) is 40.0 Å². The van der Waals surface area contributed by atoms with E-state index in [1.807, 2.05) is 83.4 Å². The fourth-order valence-electron chi connectivity index (χ4n) is 4.83. The summed E-state index contributed by atoms with van der Waals surface area (Å²) in [6.45, 7) is 0.114. The molecule has 0 saturated carbocycles. The Kier molecular flexibility index (Phi) is 8.89. The Morgan fingerprint density at radius 1 is 1.00 bits per heavy atom. The first-order valence-electron chi connectivity index (χ1n) is 13.7. The van der Waals surface area contributed by atoms with Gasteiger partial charge in [0.2, 0.25) is 0 Å². The van der Waals surface area contributed by atoms with Crippen molar-refractivity contribution >= 4 is 45.2 Å². The fourth-order valence-corrected chi connectivity index (χ4v) is 5.92. The lowest BCUT2D eigenvalue weighted by Gasteiger charge is -2.22. The lowest BCUT2D eigenvalue weighted by Crippen LogP contribution is -2.28. The quantitative estimate of drug-likeness (QED) is 0.180. The third-order valence-electron chi connectivity index (χ3n) is 7.04. The summed E-state index contributed by atoms with van der Waals surface area (Å²) in [7, 11) is 1.62. The van der Waals surface area contributed by atoms with Crippen LogP contribution in [0.2, 0.25) is 0 Å². The molecular weight excluding hydrogens is 644 g/mol. The number of benzene rings is 3. The van der Waals surface area contributed by atoms with Gasteiger partial charge in [-0.3, -0.25) is 14.2 Å². The summed E-state index contributed by atoms with van der Waals surface area (Å²) in [5.41, 5.74) is 3.56. The van der Waals surface area contributed by atoms with Crippen LogP contribution in [0.3, 0.4) is 0 Å². The second-order valence-corrected chi connectivity index (χ2v) is 11.7. The number of carbonyl (C=O) groups is 2. The first-order chi connectivity index (χ1) is 21.5. The molecule has 2 aromatic heterocycles. The van der Waals surface area contributed by atoms with Crippen LogP contribution in [-0.2, 0) is 11.3 Å². The van der Waals surface area contributed by atoms with Crippen LogP contribution in [-0.4, -0.2) is 50.2 Å². The Morgan fingerprint density at radius 2 is 1.77 bits per heavy atom. The van der Waals surface area contributed by atoms with E-state index >= 15 is 0 Å². The van der Waals surface area contributed by atoms with Gasteiger partial charge in [-0.15, -0.1) is 10.2 Å². The van der Waals surface area contributed by atoms with Gasteiger partial charge in [0.15, 0.2) is 16.7 Å². The van der Waals surface area contributed by atoms with Crippen molar-refractivity contribution in [3.8, 4) is 11.4 Å². The van der Waals surface area contributed by atoms with Crippen molar-refractivity contribution in [2.75, 3.05) is 12.9 Å². The molecule has 0 unspecified atom stereocenters. The van der Waals surface area contributed by atoms with Gasteiger partial charge in [0.1, 0.15) is 5.75 Å². The SMILES string of the molecule is COc1ccc([C@@H]2CC(c3ccc(Br)cc3)=NN2C(=O)CSc2nnc(CNC(=O)c3ccco3)n2-c2ccccc2)cc1. The molecule has 1 aliphatic rings. The normalized spacial score (nSPS) is 14.4. The second kappa shape index (κ2) is 13.3. The first kappa shape index (κ1) is 29.4. The second-order valence-electron chi connectivity index (χ2n) is 9.80. The van der Waals surface area contributed by atoms with Crippen LogP contribution < -0.4 is 10.1 Å². The molecule has 0 aliphatic carbocycles. The number of furan rings is 1. The Balaban J connectivity index is 1.24. The maximum Gasteiger partial charge on any atom is 0.287 e. The molecule has 222 valence electrons. The number of para-hydroxylation sites is 1. The van der Waals surface area contributed by atoms with Gasteiger partial charge >= 0.3 is 0 Å². The lowest BCUT2D eigenvalue weighted by atomic mass is 9.98. The summed E-state index contributed by atoms with van der Waals surface area (Å²) in [6, 6.07) is 28.1. The van der Waals surface area contributed by atoms with E-state index < -0.39 is 0 Å². The van der Waals surface area contributed by atoms with Crippen molar-refractivity contribution < 1.29 is 18.7 Å². The molecule has 0 saturated heterocycles. The molecule has 3 aromatic carbocycles. The molecule has 1 N–H and O–H groups in total. The Bertz CT molecular complexity index is 1770. The first-order valence-corrected chi connectivity index (χ1v) is 15.5. The summed E-state index contributed by atoms with van der Waals surface area (Å²) in [4.78, 5) is 26.3. The highest BCUT2D eigenvalue weighted by atomic mass is 79.9. The van der Waals surface area contributed by atoms with E-state index in [9.17, 15) is 9.59 Å². The number of nitrogens with zero attached hydrogens (tertiary/aromatic N) is 5. The largest absolute Gasteiger partial charge is 0.497 e. The van der Waals surface area contributed by atoms with E-state index in [2.05, 4.69) is 31.4 Å². The van der Waals surface area contributed by atoms with E-state index in [0.717, 1.165) is 32.7 Å². The molecule has 12 heteroatoms. The van der Waals surface area contributed by atoms with Crippen LogP contribution in [0.25, 0.3) is 5.69 Å². The maximum atomic E-state index is 13.8. The highest BCUT2D eigenvalue weighted by Gasteiger charge is 2.33. The van der Waals surface area contributed by atoms with E-state index in [4.69, 9.17) is 14.3 Å². The molecule has 3 heterocycles. The number of methoxy groups -OCH3 is 1. The van der Waals surface area contributed by atoms with Gasteiger partial charge in [-0.05, 0) is 59.7 Å². The zero-order valence-electron chi connectivity index (χ0n) is 23.6. The molecule has 1 atom stereocenters. The van der Waals surface area contributed by atoms with Gasteiger partial charge in [-0.1, -0.05) is 70.2 Å². The monoisotopic (exact) mass is 670 g/mol. The van der Waals surface area contributed by atoms with Crippen LogP contribution in [0.4, 0.5) is 0 Å². The number of rotatable bonds is 10. The predicted molar refractivity (Wildman–Crippen MR) is 170 cm³/mol. The van der Waals surface area contributed by atoms with E-state index in [1.54, 1.807) is 24.3 Å². The van der Waals surface area contributed by atoms with Crippen molar-refractivity contribution in [2.45, 2.75) is 24.2 Å². The number of aromatic nitrogens is 3. The minimum atomic E-state index is -0.361. The summed E-state index contributed by atoms with van der Waals surface area (Å²) >= 11 is 4.75. The number of thioether (sulfide) groups is 1. The van der Waals surface area contributed by atoms with Crippen molar-refractivity contribution in [3.63, 3.8) is 0 Å². The van der Waals surface area contributed by atoms with Gasteiger partial charge in [-0.25, -0.2) is 5.01 Å². The Hall–Kier alpha value is -4.68. The minimum Gasteiger partial charge on any atom is -0.497 e. The molecule has 0 fully saturated rings. The molecule has 2 amide bonds. The average Bonchev–Trinajstić information content (AvgIpc) is 3.84. The summed E-state index contributed by atoms with van der Waals surface area (Å²) < 4.78 is 13.3. The number of carbonyl (C=O) groups excluding carboxylic acids is 2. The van der Waals surface area contributed by atoms with Crippen molar-refractivity contribution in [3.05, 3.63) is 124 Å². The zero-order valence-corrected chi connectivity index (χ0v) is 26.0. The smallest absolute Gasteiger partial charge is 0.287 e. The molecule has 1 aliphatic heterocycles. The molecule has 0 bridgehead atoms. The van der Waals surface area contributed by atoms with E-state index in [0.29, 0.717) is 17.4 Å². The average molecular weight is 672 g/mol. The van der Waals surface area contributed by atoms with Crippen LogP contribution in [0, 0.1) is 0 Å². The number of hydrazone groups is 1. The number of ether oxygens (including phenoxy) is 1. The van der Waals surface area contributed by atoms with Gasteiger partial charge in [0, 0.05) is 16.6 Å². The van der Waals surface area contributed by atoms with Gasteiger partial charge in [-0.2, -0.15) is 5.10 Å². The number of halogens is 1. The van der Waals surface area contributed by atoms with Crippen LogP contribution >= 0.6 is 27.7 Å². The molecule has 5 aromatic rings. The Morgan fingerprint density at radius 3 is 2.48 bits per heavy atom. The van der Waals surface area contributed by atoms with Gasteiger partial charge in [0.25, 0.3) is 11.8 Å². The minimum absolute atomic E-state index is 0.0769. The molecule has 0 radical (unpaired) electrons. The standard InChI is InChI=1S/C32H27BrN6O4S/c1-42-25-15-11-22(12-16-25)27-18-26(21-9-13-23(33)14-10-21)37-39(27)30(40)20-44-32-36-35-29(38(32)24-6-3-2-4-7-24)19-34-31(41)28-8-5-17-43-28/h2-17,27H,18-20H2,1H3,(H,34,41)/t27-/m0/s1. The number of nitrogens with one attached hydrogen (secondary N) is 1. The van der Waals surface area contributed by atoms with Crippen molar-refractivity contribution in [2.24, 2.45) is 5.10 Å². The van der Waals surface area contributed by atoms with E-state index in [1.165, 1.54) is 18.0 Å². The Labute approximate surface area is 266 Å². The summed E-state index contributed by atoms with van der Waals surface area (Å²) in [5.74, 6) is 1.01. The van der Waals surface area contributed by atoms with Crippen LogP contribution in [0.15, 0.2) is 116 Å². The van der Waals surface area contributed by atoms with Crippen LogP contribution in [0.5, 0.6) is 5.75 Å². The molecule has 44 heavy (non-hydrogen) atoms. The number of hydrogen-bond donors (Lipinski definition) is 1. The lowest BCUT2D eigenvalue weighted by molar-refractivity contribution is -0.130.